The van der Waals surface area contributed by atoms with Gasteiger partial charge >= 0.3 is 0 Å². The van der Waals surface area contributed by atoms with Crippen molar-refractivity contribution in [2.24, 2.45) is 11.7 Å². The Bertz CT molecular complexity index is 587. The van der Waals surface area contributed by atoms with Crippen LogP contribution in [0.3, 0.4) is 0 Å². The highest BCUT2D eigenvalue weighted by molar-refractivity contribution is 6.43. The van der Waals surface area contributed by atoms with Gasteiger partial charge in [0.1, 0.15) is 6.10 Å². The fraction of sp³-hybridized carbons (Fsp3) is 0.471. The summed E-state index contributed by atoms with van der Waals surface area (Å²) in [7, 11) is 0. The number of carbonyl (C=O) groups is 1. The van der Waals surface area contributed by atoms with Gasteiger partial charge in [0.25, 0.3) is 0 Å². The molecular weight excluding hydrogens is 292 g/mol. The second kappa shape index (κ2) is 7.99. The molecule has 1 saturated heterocycles. The first-order chi connectivity index (χ1) is 11.0. The van der Waals surface area contributed by atoms with Gasteiger partial charge in [0.05, 0.1) is 18.0 Å². The molecule has 0 saturated carbocycles. The van der Waals surface area contributed by atoms with Gasteiger partial charge in [-0.2, -0.15) is 0 Å². The largest absolute Gasteiger partial charge is 0.402 e. The fourth-order valence-electron chi connectivity index (χ4n) is 2.18. The van der Waals surface area contributed by atoms with E-state index in [1.165, 1.54) is 6.08 Å². The van der Waals surface area contributed by atoms with Gasteiger partial charge in [-0.05, 0) is 23.6 Å². The monoisotopic (exact) mass is 316 g/mol. The van der Waals surface area contributed by atoms with Crippen molar-refractivity contribution in [1.29, 1.82) is 5.41 Å². The molecule has 1 aliphatic heterocycles. The van der Waals surface area contributed by atoms with Crippen molar-refractivity contribution in [1.82, 2.24) is 10.3 Å². The minimum absolute atomic E-state index is 0.0411. The van der Waals surface area contributed by atoms with Crippen LogP contribution in [0.25, 0.3) is 0 Å². The van der Waals surface area contributed by atoms with Crippen molar-refractivity contribution in [2.75, 3.05) is 19.7 Å². The van der Waals surface area contributed by atoms with Gasteiger partial charge in [-0.15, -0.1) is 0 Å². The summed E-state index contributed by atoms with van der Waals surface area (Å²) < 4.78 is 5.64. The van der Waals surface area contributed by atoms with E-state index >= 15 is 0 Å². The number of allylic oxidation sites excluding steroid dienone is 2. The number of hydrogen-bond acceptors (Lipinski definition) is 6. The number of aromatic nitrogens is 1. The van der Waals surface area contributed by atoms with Crippen LogP contribution in [0.2, 0.25) is 0 Å². The Morgan fingerprint density at radius 2 is 2.35 bits per heavy atom. The summed E-state index contributed by atoms with van der Waals surface area (Å²) in [6.07, 6.45) is 3.22. The van der Waals surface area contributed by atoms with E-state index in [1.807, 2.05) is 26.0 Å². The Hall–Kier alpha value is -2.05. The summed E-state index contributed by atoms with van der Waals surface area (Å²) in [5.41, 5.74) is 7.89. The van der Waals surface area contributed by atoms with Gasteiger partial charge in [0, 0.05) is 31.4 Å². The van der Waals surface area contributed by atoms with E-state index in [1.54, 1.807) is 6.20 Å². The number of Topliss-reactive ketones (excluding diaryl/α,β-unsaturated/α-hetero) is 1. The third-order valence-corrected chi connectivity index (χ3v) is 3.75. The molecule has 0 aliphatic carbocycles. The zero-order valence-electron chi connectivity index (χ0n) is 13.6. The lowest BCUT2D eigenvalue weighted by atomic mass is 10.0. The zero-order valence-corrected chi connectivity index (χ0v) is 13.6. The lowest BCUT2D eigenvalue weighted by Gasteiger charge is -2.23. The van der Waals surface area contributed by atoms with E-state index in [0.717, 1.165) is 24.3 Å². The highest BCUT2D eigenvalue weighted by Crippen LogP contribution is 2.16. The molecule has 2 rings (SSSR count). The molecule has 1 aromatic heterocycles. The Morgan fingerprint density at radius 3 is 2.91 bits per heavy atom. The van der Waals surface area contributed by atoms with Gasteiger partial charge in [0.2, 0.25) is 0 Å². The highest BCUT2D eigenvalue weighted by atomic mass is 16.5. The molecule has 124 valence electrons. The molecule has 1 aromatic rings. The summed E-state index contributed by atoms with van der Waals surface area (Å²) in [5.74, 6) is -0.146. The first-order valence-electron chi connectivity index (χ1n) is 7.83. The minimum Gasteiger partial charge on any atom is -0.402 e. The molecule has 0 bridgehead atoms. The Morgan fingerprint density at radius 1 is 1.57 bits per heavy atom. The lowest BCUT2D eigenvalue weighted by Crippen LogP contribution is -2.33. The van der Waals surface area contributed by atoms with Crippen LogP contribution < -0.4 is 11.1 Å². The molecule has 0 radical (unpaired) electrons. The van der Waals surface area contributed by atoms with Crippen molar-refractivity contribution in [3.63, 3.8) is 0 Å². The normalized spacial score (nSPS) is 18.9. The van der Waals surface area contributed by atoms with Gasteiger partial charge < -0.3 is 15.8 Å². The Labute approximate surface area is 136 Å². The summed E-state index contributed by atoms with van der Waals surface area (Å²) in [6, 6.07) is 3.74. The molecule has 23 heavy (non-hydrogen) atoms. The van der Waals surface area contributed by atoms with Crippen molar-refractivity contribution in [3.8, 4) is 0 Å². The van der Waals surface area contributed by atoms with Crippen LogP contribution in [-0.2, 0) is 16.0 Å². The van der Waals surface area contributed by atoms with E-state index in [-0.39, 0.29) is 29.9 Å². The Balaban J connectivity index is 1.96. The molecule has 4 N–H and O–H groups in total. The first-order valence-corrected chi connectivity index (χ1v) is 7.83. The number of ether oxygens (including phenoxy) is 1. The van der Waals surface area contributed by atoms with Crippen LogP contribution in [-0.4, -0.2) is 36.2 Å². The number of morpholine rings is 1. The molecule has 2 heterocycles. The average molecular weight is 316 g/mol. The van der Waals surface area contributed by atoms with Crippen LogP contribution in [0, 0.1) is 11.3 Å². The molecule has 0 amide bonds. The third-order valence-electron chi connectivity index (χ3n) is 3.75. The number of nitrogens with two attached hydrogens (primary N) is 1. The maximum absolute atomic E-state index is 12.1. The summed E-state index contributed by atoms with van der Waals surface area (Å²) >= 11 is 0. The second-order valence-electron chi connectivity index (χ2n) is 5.97. The molecule has 0 aromatic carbocycles. The van der Waals surface area contributed by atoms with E-state index in [0.29, 0.717) is 12.3 Å². The smallest absolute Gasteiger partial charge is 0.184 e. The van der Waals surface area contributed by atoms with Crippen LogP contribution in [0.15, 0.2) is 30.1 Å². The molecule has 1 atom stereocenters. The number of nitrogens with zero attached hydrogens (tertiary/aromatic N) is 1. The van der Waals surface area contributed by atoms with Crippen molar-refractivity contribution < 1.29 is 9.53 Å². The number of ketones is 1. The van der Waals surface area contributed by atoms with Crippen molar-refractivity contribution in [3.05, 3.63) is 41.4 Å². The quantitative estimate of drug-likeness (QED) is 0.688. The van der Waals surface area contributed by atoms with Gasteiger partial charge in [-0.3, -0.25) is 15.2 Å². The number of carbonyl (C=O) groups excluding carboxylic acids is 1. The van der Waals surface area contributed by atoms with Gasteiger partial charge in [0.15, 0.2) is 5.78 Å². The molecular formula is C17H24N4O2. The van der Waals surface area contributed by atoms with Crippen molar-refractivity contribution in [2.45, 2.75) is 26.4 Å². The predicted molar refractivity (Wildman–Crippen MR) is 89.3 cm³/mol. The first kappa shape index (κ1) is 17.3. The lowest BCUT2D eigenvalue weighted by molar-refractivity contribution is -0.112. The standard InChI is InChI=1S/C17H24N4O2/c1-11(2)13(18)8-14(19)16(22)7-12-3-4-15(21-9-12)17-10-20-5-6-23-17/h3-4,8-9,11,17,19-20H,5-7,10,18H2,1-2H3/t17-/m1/s1. The fourth-order valence-corrected chi connectivity index (χ4v) is 2.18. The SMILES string of the molecule is CC(C)C(N)=CC(=N)C(=O)Cc1ccc([C@H]2CNCCO2)nc1. The molecule has 1 fully saturated rings. The highest BCUT2D eigenvalue weighted by Gasteiger charge is 2.17. The zero-order chi connectivity index (χ0) is 16.8. The van der Waals surface area contributed by atoms with Gasteiger partial charge in [-0.25, -0.2) is 0 Å². The minimum atomic E-state index is -0.265. The average Bonchev–Trinajstić information content (AvgIpc) is 2.56. The molecule has 6 nitrogen and oxygen atoms in total. The molecule has 0 spiro atoms. The summed E-state index contributed by atoms with van der Waals surface area (Å²) in [5, 5.41) is 11.1. The maximum Gasteiger partial charge on any atom is 0.184 e. The van der Waals surface area contributed by atoms with Crippen LogP contribution in [0.1, 0.15) is 31.2 Å². The number of hydrogen-bond donors (Lipinski definition) is 3. The summed E-state index contributed by atoms with van der Waals surface area (Å²) in [6.45, 7) is 6.13. The topological polar surface area (TPSA) is 101 Å². The van der Waals surface area contributed by atoms with Crippen LogP contribution in [0.5, 0.6) is 0 Å². The third kappa shape index (κ3) is 4.97. The van der Waals surface area contributed by atoms with Gasteiger partial charge in [-0.1, -0.05) is 19.9 Å². The Kier molecular flexibility index (Phi) is 6.01. The number of rotatable bonds is 6. The molecule has 6 heteroatoms. The van der Waals surface area contributed by atoms with Crippen LogP contribution in [0.4, 0.5) is 0 Å². The van der Waals surface area contributed by atoms with E-state index in [2.05, 4.69) is 10.3 Å². The van der Waals surface area contributed by atoms with E-state index in [9.17, 15) is 4.79 Å². The van der Waals surface area contributed by atoms with Crippen molar-refractivity contribution >= 4 is 11.5 Å². The summed E-state index contributed by atoms with van der Waals surface area (Å²) in [4.78, 5) is 16.4. The number of pyridine rings is 1. The molecule has 0 unspecified atom stereocenters. The second-order valence-corrected chi connectivity index (χ2v) is 5.97. The predicted octanol–water partition coefficient (Wildman–Crippen LogP) is 1.37. The molecule has 1 aliphatic rings. The van der Waals surface area contributed by atoms with E-state index < -0.39 is 0 Å². The van der Waals surface area contributed by atoms with Crippen LogP contribution >= 0.6 is 0 Å². The maximum atomic E-state index is 12.1. The van der Waals surface area contributed by atoms with E-state index in [4.69, 9.17) is 15.9 Å². The number of nitrogens with one attached hydrogen (secondary N) is 2.